The zero-order valence-corrected chi connectivity index (χ0v) is 43.6. The van der Waals surface area contributed by atoms with Crippen molar-refractivity contribution < 1.29 is 9.90 Å². The van der Waals surface area contributed by atoms with Crippen LogP contribution in [0, 0.1) is 23.8 Å². The molecule has 5 heteroatoms. The van der Waals surface area contributed by atoms with E-state index in [-0.39, 0.29) is 27.9 Å². The molecule has 1 heterocycles. The predicted octanol–water partition coefficient (Wildman–Crippen LogP) is 19.1. The molecular formula is C66H70N2O2S. The molecule has 1 N–H and O–H groups in total. The molecule has 362 valence electrons. The van der Waals surface area contributed by atoms with E-state index in [1.54, 1.807) is 11.3 Å². The fourth-order valence-electron chi connectivity index (χ4n) is 13.4. The van der Waals surface area contributed by atoms with Gasteiger partial charge in [-0.15, -0.1) is 11.3 Å². The van der Waals surface area contributed by atoms with Crippen molar-refractivity contribution in [3.05, 3.63) is 189 Å². The molecule has 5 aliphatic rings. The molecule has 0 aliphatic heterocycles. The number of nitrogens with zero attached hydrogens (tertiary/aromatic N) is 2. The van der Waals surface area contributed by atoms with Gasteiger partial charge in [0.15, 0.2) is 0 Å². The van der Waals surface area contributed by atoms with Crippen molar-refractivity contribution in [2.75, 3.05) is 4.90 Å². The summed E-state index contributed by atoms with van der Waals surface area (Å²) in [5, 5.41) is 9.85. The standard InChI is InChI=1S/C66H70N2O2S/c1-8-12-36-65(37-13-9-2)55-22-18-16-20-50(55)52-33-29-47(41-59(52)65)68(48-30-34-53-51-21-17-19-23-56(51)66(38-14-10-3,39-15-11-4)60(53)42-48)46-27-24-44(25-28-46)61-35-32-49(71-61)31-26-45-40-54(62(67-7)63(69)70)58-43-57(45)64(58,5)6/h16-35,40-42,57-58H,8-15,36-39,43H2,1-6H3,(H,69,70)/b31-26+,62-54+. The smallest absolute Gasteiger partial charge is 0.334 e. The van der Waals surface area contributed by atoms with Crippen molar-refractivity contribution >= 4 is 40.4 Å². The highest BCUT2D eigenvalue weighted by atomic mass is 32.1. The summed E-state index contributed by atoms with van der Waals surface area (Å²) in [6, 6.07) is 46.9. The van der Waals surface area contributed by atoms with E-state index in [2.05, 4.69) is 185 Å². The van der Waals surface area contributed by atoms with Crippen molar-refractivity contribution in [1.82, 2.24) is 0 Å². The van der Waals surface area contributed by atoms with Crippen LogP contribution in [0.1, 0.15) is 152 Å². The molecule has 0 saturated heterocycles. The van der Waals surface area contributed by atoms with Crippen LogP contribution >= 0.6 is 11.3 Å². The Morgan fingerprint density at radius 3 is 1.61 bits per heavy atom. The number of fused-ring (bicyclic) bond motifs is 7. The first-order chi connectivity index (χ1) is 34.5. The minimum absolute atomic E-state index is 0.0218. The molecule has 0 amide bonds. The van der Waals surface area contributed by atoms with Gasteiger partial charge >= 0.3 is 5.97 Å². The average molecular weight is 955 g/mol. The first-order valence-corrected chi connectivity index (χ1v) is 27.6. The van der Waals surface area contributed by atoms with Gasteiger partial charge in [0, 0.05) is 37.6 Å². The number of hydrogen-bond acceptors (Lipinski definition) is 3. The monoisotopic (exact) mass is 955 g/mol. The third kappa shape index (κ3) is 8.25. The molecule has 0 radical (unpaired) electrons. The van der Waals surface area contributed by atoms with Gasteiger partial charge in [0.25, 0.3) is 5.70 Å². The highest BCUT2D eigenvalue weighted by molar-refractivity contribution is 7.16. The maximum Gasteiger partial charge on any atom is 0.334 e. The summed E-state index contributed by atoms with van der Waals surface area (Å²) in [5.41, 5.74) is 17.8. The first-order valence-electron chi connectivity index (χ1n) is 26.8. The summed E-state index contributed by atoms with van der Waals surface area (Å²) in [6.45, 7) is 21.4. The average Bonchev–Trinajstić information content (AvgIpc) is 4.06. The van der Waals surface area contributed by atoms with Crippen molar-refractivity contribution in [2.45, 2.75) is 136 Å². The lowest BCUT2D eigenvalue weighted by Gasteiger charge is -2.57. The van der Waals surface area contributed by atoms with Crippen LogP contribution in [0.3, 0.4) is 0 Å². The summed E-state index contributed by atoms with van der Waals surface area (Å²) in [4.78, 5) is 20.4. The highest BCUT2D eigenvalue weighted by Gasteiger charge is 2.54. The maximum atomic E-state index is 12.0. The number of aliphatic carboxylic acids is 1. The molecule has 2 bridgehead atoms. The Balaban J connectivity index is 1.06. The van der Waals surface area contributed by atoms with E-state index >= 15 is 0 Å². The number of benzene rings is 5. The predicted molar refractivity (Wildman–Crippen MR) is 299 cm³/mol. The summed E-state index contributed by atoms with van der Waals surface area (Å²) in [7, 11) is 0. The van der Waals surface area contributed by atoms with Gasteiger partial charge in [0.2, 0.25) is 0 Å². The Kier molecular flexibility index (Phi) is 13.5. The number of allylic oxidation sites excluding steroid dienone is 4. The van der Waals surface area contributed by atoms with Crippen molar-refractivity contribution in [1.29, 1.82) is 0 Å². The second-order valence-corrected chi connectivity index (χ2v) is 22.7. The Bertz CT molecular complexity index is 2980. The third-order valence-corrected chi connectivity index (χ3v) is 18.4. The molecule has 1 fully saturated rings. The third-order valence-electron chi connectivity index (χ3n) is 17.3. The fourth-order valence-corrected chi connectivity index (χ4v) is 14.4. The molecule has 1 aromatic heterocycles. The SMILES string of the molecule is [C-]#[N+]/C(C(=O)O)=C1C=C(/C=C/c2ccc(-c3ccc(N(c4ccc5c(c4)C(CCCC)(CCCC)c4ccccc4-5)c4ccc5c(c4)C(CCCC)(CCCC)c4ccccc4-5)cc3)s2)C2CC\1C2(C)C. The molecular weight excluding hydrogens is 885 g/mol. The van der Waals surface area contributed by atoms with Gasteiger partial charge < -0.3 is 10.0 Å². The summed E-state index contributed by atoms with van der Waals surface area (Å²) in [5.74, 6) is -0.687. The number of rotatable bonds is 19. The Labute approximate surface area is 427 Å². The van der Waals surface area contributed by atoms with Crippen LogP contribution in [0.5, 0.6) is 0 Å². The van der Waals surface area contributed by atoms with Gasteiger partial charge in [-0.3, -0.25) is 4.79 Å². The molecule has 11 rings (SSSR count). The number of hydrogen-bond donors (Lipinski definition) is 1. The van der Waals surface area contributed by atoms with Crippen LogP contribution in [0.15, 0.2) is 150 Å². The molecule has 1 saturated carbocycles. The minimum Gasteiger partial charge on any atom is -0.486 e. The largest absolute Gasteiger partial charge is 0.486 e. The molecule has 2 unspecified atom stereocenters. The summed E-state index contributed by atoms with van der Waals surface area (Å²) in [6.07, 6.45) is 21.3. The minimum atomic E-state index is -1.14. The zero-order chi connectivity index (χ0) is 49.5. The zero-order valence-electron chi connectivity index (χ0n) is 42.8. The highest BCUT2D eigenvalue weighted by Crippen LogP contribution is 2.62. The molecule has 5 aliphatic carbocycles. The van der Waals surface area contributed by atoms with E-state index in [1.807, 2.05) is 6.08 Å². The van der Waals surface area contributed by atoms with Gasteiger partial charge in [-0.2, -0.15) is 0 Å². The number of thiophene rings is 1. The van der Waals surface area contributed by atoms with Gasteiger partial charge in [-0.05, 0) is 165 Å². The quantitative estimate of drug-likeness (QED) is 0.0650. The molecule has 6 aromatic rings. The molecule has 0 spiro atoms. The maximum absolute atomic E-state index is 12.0. The van der Waals surface area contributed by atoms with Gasteiger partial charge in [-0.1, -0.05) is 178 Å². The summed E-state index contributed by atoms with van der Waals surface area (Å²) >= 11 is 1.77. The molecule has 71 heavy (non-hydrogen) atoms. The van der Waals surface area contributed by atoms with E-state index in [0.717, 1.165) is 48.2 Å². The van der Waals surface area contributed by atoms with Crippen LogP contribution in [0.2, 0.25) is 0 Å². The van der Waals surface area contributed by atoms with E-state index in [4.69, 9.17) is 6.57 Å². The summed E-state index contributed by atoms with van der Waals surface area (Å²) < 4.78 is 0. The Hall–Kier alpha value is -6.22. The van der Waals surface area contributed by atoms with E-state index in [1.165, 1.54) is 118 Å². The molecule has 2 atom stereocenters. The number of anilines is 3. The lowest BCUT2D eigenvalue weighted by atomic mass is 9.47. The van der Waals surface area contributed by atoms with Crippen LogP contribution in [-0.2, 0) is 15.6 Å². The first kappa shape index (κ1) is 48.4. The lowest BCUT2D eigenvalue weighted by molar-refractivity contribution is -0.132. The lowest BCUT2D eigenvalue weighted by Crippen LogP contribution is -2.49. The van der Waals surface area contributed by atoms with Crippen molar-refractivity contribution in [3.63, 3.8) is 0 Å². The number of carbonyl (C=O) groups is 1. The van der Waals surface area contributed by atoms with Crippen LogP contribution in [-0.4, -0.2) is 11.1 Å². The Morgan fingerprint density at radius 1 is 0.634 bits per heavy atom. The van der Waals surface area contributed by atoms with Crippen molar-refractivity contribution in [2.24, 2.45) is 17.3 Å². The van der Waals surface area contributed by atoms with E-state index in [0.29, 0.717) is 11.5 Å². The van der Waals surface area contributed by atoms with Gasteiger partial charge in [0.05, 0.1) is 6.57 Å². The van der Waals surface area contributed by atoms with Crippen LogP contribution in [0.4, 0.5) is 17.1 Å². The Morgan fingerprint density at radius 2 is 1.13 bits per heavy atom. The fraction of sp³-hybridized carbons (Fsp3) is 0.364. The van der Waals surface area contributed by atoms with E-state index in [9.17, 15) is 9.90 Å². The molecule has 5 aromatic carbocycles. The van der Waals surface area contributed by atoms with E-state index < -0.39 is 5.97 Å². The number of carboxylic acids is 1. The normalized spacial score (nSPS) is 19.0. The van der Waals surface area contributed by atoms with Gasteiger partial charge in [-0.25, -0.2) is 4.85 Å². The van der Waals surface area contributed by atoms with Gasteiger partial charge in [0.1, 0.15) is 0 Å². The second kappa shape index (κ2) is 19.8. The number of unbranched alkanes of at least 4 members (excludes halogenated alkanes) is 4. The number of carboxylic acid groups (broad SMARTS) is 1. The van der Waals surface area contributed by atoms with Crippen molar-refractivity contribution in [3.8, 4) is 32.7 Å². The van der Waals surface area contributed by atoms with Crippen LogP contribution < -0.4 is 4.90 Å². The van der Waals surface area contributed by atoms with Crippen LogP contribution in [0.25, 0.3) is 43.6 Å². The topological polar surface area (TPSA) is 44.9 Å². The second-order valence-electron chi connectivity index (χ2n) is 21.6. The molecule has 4 nitrogen and oxygen atoms in total.